The quantitative estimate of drug-likeness (QED) is 0.361. The van der Waals surface area contributed by atoms with E-state index in [4.69, 9.17) is 10.9 Å². The van der Waals surface area contributed by atoms with Crippen molar-refractivity contribution in [2.75, 3.05) is 6.54 Å². The molecule has 0 aliphatic rings. The molecule has 1 aromatic carbocycles. The number of hydrogen-bond acceptors (Lipinski definition) is 3. The molecule has 0 spiro atoms. The number of benzene rings is 1. The molecule has 1 amide bonds. The maximum Gasteiger partial charge on any atom is 0.227 e. The van der Waals surface area contributed by atoms with E-state index in [1.807, 2.05) is 30.9 Å². The molecule has 0 aromatic heterocycles. The first-order valence-electron chi connectivity index (χ1n) is 6.85. The summed E-state index contributed by atoms with van der Waals surface area (Å²) in [4.78, 5) is 14.1. The van der Waals surface area contributed by atoms with E-state index in [2.05, 4.69) is 12.1 Å². The van der Waals surface area contributed by atoms with Crippen LogP contribution in [0.5, 0.6) is 0 Å². The second-order valence-electron chi connectivity index (χ2n) is 5.04. The molecule has 3 N–H and O–H groups in total. The Morgan fingerprint density at radius 3 is 2.40 bits per heavy atom. The van der Waals surface area contributed by atoms with Crippen LogP contribution in [0.3, 0.4) is 0 Å². The fourth-order valence-electron chi connectivity index (χ4n) is 2.04. The Bertz CT molecular complexity index is 467. The van der Waals surface area contributed by atoms with Crippen molar-refractivity contribution in [1.29, 1.82) is 0 Å². The van der Waals surface area contributed by atoms with E-state index in [9.17, 15) is 4.79 Å². The Hall–Kier alpha value is -2.04. The number of carbonyl (C=O) groups excluding carboxylic acids is 1. The number of nitrogens with two attached hydrogens (primary N) is 1. The van der Waals surface area contributed by atoms with E-state index < -0.39 is 0 Å². The summed E-state index contributed by atoms with van der Waals surface area (Å²) in [5, 5.41) is 11.5. The molecule has 0 bridgehead atoms. The van der Waals surface area contributed by atoms with E-state index in [-0.39, 0.29) is 17.8 Å². The summed E-state index contributed by atoms with van der Waals surface area (Å²) in [5.41, 5.74) is 7.06. The van der Waals surface area contributed by atoms with E-state index in [0.29, 0.717) is 12.0 Å². The zero-order valence-corrected chi connectivity index (χ0v) is 12.3. The second-order valence-corrected chi connectivity index (χ2v) is 5.04. The van der Waals surface area contributed by atoms with Crippen LogP contribution < -0.4 is 5.73 Å². The molecular formula is C15H23N3O2. The number of hydrogen-bond donors (Lipinski definition) is 2. The zero-order valence-electron chi connectivity index (χ0n) is 12.3. The highest BCUT2D eigenvalue weighted by Gasteiger charge is 2.16. The maximum atomic E-state index is 12.3. The number of amidine groups is 1. The molecule has 1 rings (SSSR count). The Kier molecular flexibility index (Phi) is 6.03. The molecule has 0 saturated heterocycles. The largest absolute Gasteiger partial charge is 0.409 e. The molecule has 0 fully saturated rings. The lowest BCUT2D eigenvalue weighted by molar-refractivity contribution is -0.132. The van der Waals surface area contributed by atoms with Crippen LogP contribution in [0.4, 0.5) is 0 Å². The molecule has 0 atom stereocenters. The average molecular weight is 277 g/mol. The first kappa shape index (κ1) is 16.0. The monoisotopic (exact) mass is 277 g/mol. The molecule has 0 aliphatic carbocycles. The topological polar surface area (TPSA) is 78.9 Å². The van der Waals surface area contributed by atoms with Crippen molar-refractivity contribution in [3.63, 3.8) is 0 Å². The predicted octanol–water partition coefficient (Wildman–Crippen LogP) is 1.97. The van der Waals surface area contributed by atoms with Gasteiger partial charge in [0.05, 0.1) is 6.42 Å². The van der Waals surface area contributed by atoms with Gasteiger partial charge in [0.1, 0.15) is 0 Å². The highest BCUT2D eigenvalue weighted by atomic mass is 16.4. The van der Waals surface area contributed by atoms with Crippen LogP contribution >= 0.6 is 0 Å². The minimum atomic E-state index is 0.0673. The lowest BCUT2D eigenvalue weighted by Gasteiger charge is -2.26. The zero-order chi connectivity index (χ0) is 15.1. The van der Waals surface area contributed by atoms with Crippen LogP contribution in [0.1, 0.15) is 38.3 Å². The number of amides is 1. The van der Waals surface area contributed by atoms with Crippen LogP contribution in [0.25, 0.3) is 0 Å². The number of rotatable bonds is 6. The summed E-state index contributed by atoms with van der Waals surface area (Å²) in [6.07, 6.45) is 1.32. The molecule has 5 nitrogen and oxygen atoms in total. The van der Waals surface area contributed by atoms with Gasteiger partial charge in [-0.1, -0.05) is 36.3 Å². The van der Waals surface area contributed by atoms with E-state index >= 15 is 0 Å². The van der Waals surface area contributed by atoms with Crippen molar-refractivity contribution in [2.45, 2.75) is 39.7 Å². The summed E-state index contributed by atoms with van der Waals surface area (Å²) in [6, 6.07) is 7.36. The first-order chi connectivity index (χ1) is 9.49. The maximum absolute atomic E-state index is 12.3. The van der Waals surface area contributed by atoms with E-state index in [1.165, 1.54) is 0 Å². The van der Waals surface area contributed by atoms with Crippen LogP contribution in [-0.4, -0.2) is 34.4 Å². The molecule has 0 saturated carbocycles. The van der Waals surface area contributed by atoms with Gasteiger partial charge in [0.25, 0.3) is 0 Å². The molecule has 20 heavy (non-hydrogen) atoms. The van der Waals surface area contributed by atoms with Gasteiger partial charge in [0.2, 0.25) is 5.91 Å². The smallest absolute Gasteiger partial charge is 0.227 e. The number of carbonyl (C=O) groups is 1. The van der Waals surface area contributed by atoms with Gasteiger partial charge in [-0.15, -0.1) is 0 Å². The van der Waals surface area contributed by atoms with Crippen molar-refractivity contribution in [1.82, 2.24) is 4.90 Å². The van der Waals surface area contributed by atoms with Crippen LogP contribution in [0.15, 0.2) is 29.4 Å². The van der Waals surface area contributed by atoms with Crippen molar-refractivity contribution in [3.05, 3.63) is 35.4 Å². The fourth-order valence-corrected chi connectivity index (χ4v) is 2.04. The van der Waals surface area contributed by atoms with Crippen molar-refractivity contribution in [2.24, 2.45) is 10.9 Å². The highest BCUT2D eigenvalue weighted by molar-refractivity contribution is 5.97. The summed E-state index contributed by atoms with van der Waals surface area (Å²) in [7, 11) is 0. The fraction of sp³-hybridized carbons (Fsp3) is 0.467. The summed E-state index contributed by atoms with van der Waals surface area (Å²) < 4.78 is 0. The van der Waals surface area contributed by atoms with Gasteiger partial charge >= 0.3 is 0 Å². The molecule has 0 aliphatic heterocycles. The van der Waals surface area contributed by atoms with Crippen LogP contribution in [0, 0.1) is 0 Å². The van der Waals surface area contributed by atoms with Crippen LogP contribution in [0.2, 0.25) is 0 Å². The molecule has 0 unspecified atom stereocenters. The molecule has 0 radical (unpaired) electrons. The van der Waals surface area contributed by atoms with Crippen molar-refractivity contribution >= 4 is 11.7 Å². The van der Waals surface area contributed by atoms with Gasteiger partial charge in [0, 0.05) is 18.2 Å². The van der Waals surface area contributed by atoms with Gasteiger partial charge in [0.15, 0.2) is 5.84 Å². The molecule has 1 aromatic rings. The van der Waals surface area contributed by atoms with Crippen LogP contribution in [-0.2, 0) is 11.2 Å². The summed E-state index contributed by atoms with van der Waals surface area (Å²) in [6.45, 7) is 6.89. The van der Waals surface area contributed by atoms with Gasteiger partial charge in [-0.3, -0.25) is 4.79 Å². The summed E-state index contributed by atoms with van der Waals surface area (Å²) in [5.74, 6) is 0.191. The Labute approximate surface area is 120 Å². The Balaban J connectivity index is 2.75. The molecular weight excluding hydrogens is 254 g/mol. The minimum Gasteiger partial charge on any atom is -0.409 e. The van der Waals surface area contributed by atoms with E-state index in [0.717, 1.165) is 18.5 Å². The summed E-state index contributed by atoms with van der Waals surface area (Å²) >= 11 is 0. The third-order valence-electron chi connectivity index (χ3n) is 3.12. The number of nitrogens with zero attached hydrogens (tertiary/aromatic N) is 2. The first-order valence-corrected chi connectivity index (χ1v) is 6.85. The lowest BCUT2D eigenvalue weighted by Crippen LogP contribution is -2.38. The molecule has 5 heteroatoms. The minimum absolute atomic E-state index is 0.0673. The normalized spacial score (nSPS) is 11.7. The Morgan fingerprint density at radius 1 is 1.35 bits per heavy atom. The standard InChI is InChI=1S/C15H23N3O2/c1-4-9-18(11(2)3)14(19)10-12-5-7-13(8-6-12)15(16)17-20/h5-8,11,20H,4,9-10H2,1-3H3,(H2,16,17). The molecule has 110 valence electrons. The predicted molar refractivity (Wildman–Crippen MR) is 79.8 cm³/mol. The van der Waals surface area contributed by atoms with Crippen molar-refractivity contribution in [3.8, 4) is 0 Å². The molecule has 0 heterocycles. The third kappa shape index (κ3) is 4.26. The number of oxime groups is 1. The third-order valence-corrected chi connectivity index (χ3v) is 3.12. The lowest BCUT2D eigenvalue weighted by atomic mass is 10.1. The van der Waals surface area contributed by atoms with Gasteiger partial charge < -0.3 is 15.8 Å². The van der Waals surface area contributed by atoms with Crippen molar-refractivity contribution < 1.29 is 10.0 Å². The second kappa shape index (κ2) is 7.53. The van der Waals surface area contributed by atoms with Gasteiger partial charge in [-0.05, 0) is 25.8 Å². The highest BCUT2D eigenvalue weighted by Crippen LogP contribution is 2.09. The Morgan fingerprint density at radius 2 is 1.95 bits per heavy atom. The SMILES string of the molecule is CCCN(C(=O)Cc1ccc(C(N)=NO)cc1)C(C)C. The van der Waals surface area contributed by atoms with Gasteiger partial charge in [-0.25, -0.2) is 0 Å². The van der Waals surface area contributed by atoms with E-state index in [1.54, 1.807) is 12.1 Å². The van der Waals surface area contributed by atoms with Gasteiger partial charge in [-0.2, -0.15) is 0 Å². The average Bonchev–Trinajstić information content (AvgIpc) is 2.44.